The highest BCUT2D eigenvalue weighted by Gasteiger charge is 2.08. The van der Waals surface area contributed by atoms with Crippen LogP contribution in [0.3, 0.4) is 0 Å². The molecule has 1 unspecified atom stereocenters. The summed E-state index contributed by atoms with van der Waals surface area (Å²) in [6, 6.07) is 9.16. The van der Waals surface area contributed by atoms with E-state index in [0.717, 1.165) is 19.4 Å². The third kappa shape index (κ3) is 3.84. The number of nitrogens with two attached hydrogens (primary N) is 1. The van der Waals surface area contributed by atoms with Gasteiger partial charge < -0.3 is 10.6 Å². The van der Waals surface area contributed by atoms with Crippen LogP contribution in [0.4, 0.5) is 5.69 Å². The molecule has 0 spiro atoms. The standard InChI is InChI=1S/C17H24N2S/c1-4-16(18)10-14-5-6-17(13(2)9-14)19(3)11-15-7-8-20-12-15/h5-9,12,16H,4,10-11,18H2,1-3H3. The van der Waals surface area contributed by atoms with Crippen molar-refractivity contribution in [3.05, 3.63) is 51.7 Å². The molecule has 108 valence electrons. The quantitative estimate of drug-likeness (QED) is 0.871. The van der Waals surface area contributed by atoms with Crippen LogP contribution < -0.4 is 10.6 Å². The van der Waals surface area contributed by atoms with Crippen LogP contribution in [-0.2, 0) is 13.0 Å². The molecule has 1 heterocycles. The Morgan fingerprint density at radius 1 is 1.25 bits per heavy atom. The molecular formula is C17H24N2S. The zero-order chi connectivity index (χ0) is 14.5. The average Bonchev–Trinajstić information content (AvgIpc) is 2.91. The van der Waals surface area contributed by atoms with Crippen molar-refractivity contribution >= 4 is 17.0 Å². The van der Waals surface area contributed by atoms with E-state index in [1.807, 2.05) is 0 Å². The monoisotopic (exact) mass is 288 g/mol. The van der Waals surface area contributed by atoms with Gasteiger partial charge in [0.2, 0.25) is 0 Å². The largest absolute Gasteiger partial charge is 0.370 e. The fourth-order valence-electron chi connectivity index (χ4n) is 2.46. The van der Waals surface area contributed by atoms with Crippen molar-refractivity contribution in [1.82, 2.24) is 0 Å². The summed E-state index contributed by atoms with van der Waals surface area (Å²) in [7, 11) is 2.15. The van der Waals surface area contributed by atoms with Crippen LogP contribution >= 0.6 is 11.3 Å². The highest BCUT2D eigenvalue weighted by Crippen LogP contribution is 2.23. The van der Waals surface area contributed by atoms with Gasteiger partial charge in [-0.3, -0.25) is 0 Å². The minimum atomic E-state index is 0.267. The molecule has 0 amide bonds. The summed E-state index contributed by atoms with van der Waals surface area (Å²) in [4.78, 5) is 2.31. The molecule has 2 rings (SSSR count). The van der Waals surface area contributed by atoms with Gasteiger partial charge in [-0.25, -0.2) is 0 Å². The Labute approximate surface area is 126 Å². The Kier molecular flexibility index (Phi) is 5.21. The summed E-state index contributed by atoms with van der Waals surface area (Å²) in [5.74, 6) is 0. The third-order valence-corrected chi connectivity index (χ3v) is 4.43. The van der Waals surface area contributed by atoms with Crippen molar-refractivity contribution in [2.75, 3.05) is 11.9 Å². The molecule has 0 saturated carbocycles. The first-order valence-electron chi connectivity index (χ1n) is 7.17. The Hall–Kier alpha value is -1.32. The van der Waals surface area contributed by atoms with Gasteiger partial charge in [0.25, 0.3) is 0 Å². The topological polar surface area (TPSA) is 29.3 Å². The molecule has 0 saturated heterocycles. The van der Waals surface area contributed by atoms with E-state index >= 15 is 0 Å². The minimum absolute atomic E-state index is 0.267. The Balaban J connectivity index is 2.08. The lowest BCUT2D eigenvalue weighted by atomic mass is 10.0. The molecule has 0 aliphatic heterocycles. The van der Waals surface area contributed by atoms with E-state index in [4.69, 9.17) is 5.73 Å². The first-order chi connectivity index (χ1) is 9.60. The maximum Gasteiger partial charge on any atom is 0.0434 e. The van der Waals surface area contributed by atoms with Crippen molar-refractivity contribution in [1.29, 1.82) is 0 Å². The molecule has 3 heteroatoms. The molecule has 0 aliphatic carbocycles. The second kappa shape index (κ2) is 6.91. The minimum Gasteiger partial charge on any atom is -0.370 e. The highest BCUT2D eigenvalue weighted by molar-refractivity contribution is 7.07. The van der Waals surface area contributed by atoms with Crippen LogP contribution in [0, 0.1) is 6.92 Å². The number of aryl methyl sites for hydroxylation is 1. The maximum absolute atomic E-state index is 6.03. The Morgan fingerprint density at radius 3 is 2.65 bits per heavy atom. The van der Waals surface area contributed by atoms with E-state index in [0.29, 0.717) is 0 Å². The predicted molar refractivity (Wildman–Crippen MR) is 89.6 cm³/mol. The number of hydrogen-bond acceptors (Lipinski definition) is 3. The average molecular weight is 288 g/mol. The zero-order valence-corrected chi connectivity index (χ0v) is 13.4. The normalized spacial score (nSPS) is 12.4. The molecule has 0 aliphatic rings. The molecule has 1 atom stereocenters. The summed E-state index contributed by atoms with van der Waals surface area (Å²) in [6.07, 6.45) is 1.99. The lowest BCUT2D eigenvalue weighted by Gasteiger charge is -2.22. The maximum atomic E-state index is 6.03. The molecule has 20 heavy (non-hydrogen) atoms. The number of thiophene rings is 1. The Bertz CT molecular complexity index is 534. The summed E-state index contributed by atoms with van der Waals surface area (Å²) in [5, 5.41) is 4.34. The van der Waals surface area contributed by atoms with Gasteiger partial charge in [-0.05, 0) is 59.3 Å². The van der Waals surface area contributed by atoms with Gasteiger partial charge >= 0.3 is 0 Å². The van der Waals surface area contributed by atoms with Crippen molar-refractivity contribution in [2.24, 2.45) is 5.73 Å². The highest BCUT2D eigenvalue weighted by atomic mass is 32.1. The van der Waals surface area contributed by atoms with E-state index in [1.165, 1.54) is 22.4 Å². The van der Waals surface area contributed by atoms with E-state index in [-0.39, 0.29) is 6.04 Å². The van der Waals surface area contributed by atoms with Crippen LogP contribution in [0.2, 0.25) is 0 Å². The molecule has 1 aromatic heterocycles. The fraction of sp³-hybridized carbons (Fsp3) is 0.412. The number of rotatable bonds is 6. The molecule has 2 nitrogen and oxygen atoms in total. The first kappa shape index (κ1) is 15.1. The van der Waals surface area contributed by atoms with Crippen LogP contribution in [0.5, 0.6) is 0 Å². The van der Waals surface area contributed by atoms with Gasteiger partial charge in [0.1, 0.15) is 0 Å². The number of benzene rings is 1. The van der Waals surface area contributed by atoms with Crippen molar-refractivity contribution < 1.29 is 0 Å². The molecular weight excluding hydrogens is 264 g/mol. The number of hydrogen-bond donors (Lipinski definition) is 1. The van der Waals surface area contributed by atoms with Crippen molar-refractivity contribution in [3.63, 3.8) is 0 Å². The molecule has 0 fully saturated rings. The third-order valence-electron chi connectivity index (χ3n) is 3.69. The first-order valence-corrected chi connectivity index (χ1v) is 8.11. The van der Waals surface area contributed by atoms with Gasteiger partial charge in [-0.1, -0.05) is 19.1 Å². The smallest absolute Gasteiger partial charge is 0.0434 e. The summed E-state index contributed by atoms with van der Waals surface area (Å²) >= 11 is 1.75. The van der Waals surface area contributed by atoms with Gasteiger partial charge in [0, 0.05) is 25.3 Å². The summed E-state index contributed by atoms with van der Waals surface area (Å²) in [6.45, 7) is 5.28. The molecule has 2 N–H and O–H groups in total. The van der Waals surface area contributed by atoms with E-state index < -0.39 is 0 Å². The Morgan fingerprint density at radius 2 is 2.05 bits per heavy atom. The second-order valence-electron chi connectivity index (χ2n) is 5.48. The molecule has 1 aromatic carbocycles. The summed E-state index contributed by atoms with van der Waals surface area (Å²) < 4.78 is 0. The molecule has 0 radical (unpaired) electrons. The SMILES string of the molecule is CCC(N)Cc1ccc(N(C)Cc2ccsc2)c(C)c1. The van der Waals surface area contributed by atoms with Gasteiger partial charge in [-0.15, -0.1) is 0 Å². The molecule has 0 bridgehead atoms. The number of nitrogens with zero attached hydrogens (tertiary/aromatic N) is 1. The summed E-state index contributed by atoms with van der Waals surface area (Å²) in [5.41, 5.74) is 11.4. The van der Waals surface area contributed by atoms with E-state index in [1.54, 1.807) is 11.3 Å². The van der Waals surface area contributed by atoms with Crippen LogP contribution in [0.15, 0.2) is 35.0 Å². The fourth-order valence-corrected chi connectivity index (χ4v) is 3.12. The number of anilines is 1. The van der Waals surface area contributed by atoms with Crippen molar-refractivity contribution in [3.8, 4) is 0 Å². The van der Waals surface area contributed by atoms with Gasteiger partial charge in [-0.2, -0.15) is 11.3 Å². The van der Waals surface area contributed by atoms with Gasteiger partial charge in [0.15, 0.2) is 0 Å². The lowest BCUT2D eigenvalue weighted by molar-refractivity contribution is 0.646. The van der Waals surface area contributed by atoms with Crippen LogP contribution in [-0.4, -0.2) is 13.1 Å². The van der Waals surface area contributed by atoms with E-state index in [9.17, 15) is 0 Å². The lowest BCUT2D eigenvalue weighted by Crippen LogP contribution is -2.21. The van der Waals surface area contributed by atoms with Crippen LogP contribution in [0.1, 0.15) is 30.0 Å². The van der Waals surface area contributed by atoms with E-state index in [2.05, 4.69) is 60.8 Å². The second-order valence-corrected chi connectivity index (χ2v) is 6.26. The van der Waals surface area contributed by atoms with Crippen LogP contribution in [0.25, 0.3) is 0 Å². The van der Waals surface area contributed by atoms with Gasteiger partial charge in [0.05, 0.1) is 0 Å². The zero-order valence-electron chi connectivity index (χ0n) is 12.6. The predicted octanol–water partition coefficient (Wildman–Crippen LogP) is 3.97. The molecule has 2 aromatic rings. The van der Waals surface area contributed by atoms with Crippen molar-refractivity contribution in [2.45, 2.75) is 39.3 Å².